The molecule has 0 spiro atoms. The summed E-state index contributed by atoms with van der Waals surface area (Å²) in [5.41, 5.74) is 3.69. The highest BCUT2D eigenvalue weighted by atomic mass is 35.5. The predicted molar refractivity (Wildman–Crippen MR) is 129 cm³/mol. The maximum atomic E-state index is 12.6. The van der Waals surface area contributed by atoms with Crippen molar-refractivity contribution in [2.24, 2.45) is 5.92 Å². The minimum Gasteiger partial charge on any atom is -0.542 e. The van der Waals surface area contributed by atoms with Crippen LogP contribution in [0.15, 0.2) is 42.5 Å². The fraction of sp³-hybridized carbons (Fsp3) is 0.462. The smallest absolute Gasteiger partial charge is 0.430 e. The van der Waals surface area contributed by atoms with E-state index in [0.717, 1.165) is 39.7 Å². The highest BCUT2D eigenvalue weighted by Gasteiger charge is 2.48. The number of aryl methyl sites for hydroxylation is 1. The highest BCUT2D eigenvalue weighted by Crippen LogP contribution is 2.42. The van der Waals surface area contributed by atoms with Gasteiger partial charge in [0.15, 0.2) is 0 Å². The van der Waals surface area contributed by atoms with E-state index in [9.17, 15) is 18.0 Å². The largest absolute Gasteiger partial charge is 0.542 e. The third kappa shape index (κ3) is 6.70. The third-order valence-corrected chi connectivity index (χ3v) is 7.48. The number of hydrogen-bond donors (Lipinski definition) is 1. The van der Waals surface area contributed by atoms with Gasteiger partial charge in [-0.3, -0.25) is 5.32 Å². The lowest BCUT2D eigenvalue weighted by molar-refractivity contribution is -0.931. The molecule has 196 valence electrons. The summed E-state index contributed by atoms with van der Waals surface area (Å²) in [6.07, 6.45) is -0.683. The number of fused-ring (bicyclic) bond motifs is 2. The van der Waals surface area contributed by atoms with Crippen molar-refractivity contribution in [3.8, 4) is 11.1 Å². The summed E-state index contributed by atoms with van der Waals surface area (Å²) in [7, 11) is 4.70. The van der Waals surface area contributed by atoms with Crippen LogP contribution in [-0.2, 0) is 9.53 Å². The van der Waals surface area contributed by atoms with Crippen LogP contribution < -0.4 is 10.4 Å². The van der Waals surface area contributed by atoms with Crippen molar-refractivity contribution in [3.05, 3.63) is 53.1 Å². The standard InChI is InChI=1S/C24H29ClN2O2.C2HF3O2/c1-16-6-4-9-22(18-7-5-8-19(25)14-18)23(16)26-24(28)29-15-17-12-20-10-11-21(13-17)27(20,2)3;3-2(4,5)1(6)7/h4-9,14,17,20-21H,10-13,15H2,1-3H3;(H,6,7)/t17-,20+,21-;. The van der Waals surface area contributed by atoms with Gasteiger partial charge < -0.3 is 19.1 Å². The second-order valence-corrected chi connectivity index (χ2v) is 10.3. The van der Waals surface area contributed by atoms with Crippen LogP contribution in [0.1, 0.15) is 31.2 Å². The number of nitrogens with one attached hydrogen (secondary N) is 1. The molecule has 36 heavy (non-hydrogen) atoms. The molecule has 0 radical (unpaired) electrons. The molecule has 10 heteroatoms. The molecule has 4 rings (SSSR count). The number of benzene rings is 2. The molecule has 2 bridgehead atoms. The number of para-hydroxylation sites is 1. The Kier molecular flexibility index (Phi) is 8.56. The SMILES string of the molecule is Cc1cccc(-c2cccc(Cl)c2)c1NC(=O)OC[C@H]1C[C@H]2CC[C@@H](C1)[N+]2(C)C.O=C([O-])C(F)(F)F. The summed E-state index contributed by atoms with van der Waals surface area (Å²) in [4.78, 5) is 21.4. The normalized spacial score (nSPS) is 22.2. The fourth-order valence-electron chi connectivity index (χ4n) is 5.19. The second-order valence-electron chi connectivity index (χ2n) is 9.87. The van der Waals surface area contributed by atoms with Gasteiger partial charge in [0.1, 0.15) is 5.97 Å². The Labute approximate surface area is 213 Å². The monoisotopic (exact) mass is 526 g/mol. The zero-order valence-corrected chi connectivity index (χ0v) is 21.2. The number of carbonyl (C=O) groups is 2. The zero-order valence-electron chi connectivity index (χ0n) is 20.4. The van der Waals surface area contributed by atoms with E-state index in [2.05, 4.69) is 19.4 Å². The Morgan fingerprint density at radius 3 is 2.25 bits per heavy atom. The molecule has 2 fully saturated rings. The summed E-state index contributed by atoms with van der Waals surface area (Å²) in [6.45, 7) is 2.49. The molecule has 2 aromatic carbocycles. The Morgan fingerprint density at radius 2 is 1.69 bits per heavy atom. The van der Waals surface area contributed by atoms with Crippen LogP contribution in [0, 0.1) is 12.8 Å². The van der Waals surface area contributed by atoms with E-state index < -0.39 is 12.1 Å². The van der Waals surface area contributed by atoms with Crippen LogP contribution in [0.25, 0.3) is 11.1 Å². The van der Waals surface area contributed by atoms with Crippen molar-refractivity contribution in [3.63, 3.8) is 0 Å². The van der Waals surface area contributed by atoms with Crippen molar-refractivity contribution in [2.75, 3.05) is 26.0 Å². The second kappa shape index (κ2) is 11.1. The summed E-state index contributed by atoms with van der Waals surface area (Å²) < 4.78 is 38.3. The molecule has 3 atom stereocenters. The minimum atomic E-state index is -5.19. The van der Waals surface area contributed by atoms with Crippen LogP contribution in [-0.4, -0.2) is 55.5 Å². The van der Waals surface area contributed by atoms with Gasteiger partial charge in [0, 0.05) is 42.2 Å². The summed E-state index contributed by atoms with van der Waals surface area (Å²) in [5, 5.41) is 12.4. The maximum absolute atomic E-state index is 12.6. The quantitative estimate of drug-likeness (QED) is 0.557. The first-order valence-corrected chi connectivity index (χ1v) is 12.1. The number of nitrogens with zero attached hydrogens (tertiary/aromatic N) is 1. The first kappa shape index (κ1) is 27.8. The first-order valence-electron chi connectivity index (χ1n) is 11.7. The lowest BCUT2D eigenvalue weighted by Gasteiger charge is -2.44. The Balaban J connectivity index is 0.000000454. The number of rotatable bonds is 4. The molecule has 0 aliphatic carbocycles. The molecule has 2 aliphatic rings. The van der Waals surface area contributed by atoms with E-state index in [4.69, 9.17) is 26.2 Å². The van der Waals surface area contributed by atoms with E-state index in [0.29, 0.717) is 29.6 Å². The van der Waals surface area contributed by atoms with E-state index in [-0.39, 0.29) is 6.09 Å². The number of carbonyl (C=O) groups excluding carboxylic acids is 2. The van der Waals surface area contributed by atoms with Gasteiger partial charge in [-0.25, -0.2) is 4.79 Å². The number of carboxylic acid groups (broad SMARTS) is 1. The van der Waals surface area contributed by atoms with Crippen molar-refractivity contribution in [1.82, 2.24) is 0 Å². The van der Waals surface area contributed by atoms with E-state index in [1.807, 2.05) is 49.4 Å². The van der Waals surface area contributed by atoms with Gasteiger partial charge in [0.05, 0.1) is 38.5 Å². The number of anilines is 1. The van der Waals surface area contributed by atoms with Crippen molar-refractivity contribution < 1.29 is 37.1 Å². The molecule has 0 unspecified atom stereocenters. The Bertz CT molecular complexity index is 1090. The van der Waals surface area contributed by atoms with Gasteiger partial charge in [-0.1, -0.05) is 41.9 Å². The van der Waals surface area contributed by atoms with Gasteiger partial charge in [0.2, 0.25) is 0 Å². The number of halogens is 4. The average Bonchev–Trinajstić information content (AvgIpc) is 2.95. The minimum absolute atomic E-state index is 0.380. The van der Waals surface area contributed by atoms with Crippen molar-refractivity contribution >= 4 is 29.4 Å². The van der Waals surface area contributed by atoms with Crippen LogP contribution in [0.2, 0.25) is 5.02 Å². The van der Waals surface area contributed by atoms with Gasteiger partial charge in [-0.2, -0.15) is 13.2 Å². The van der Waals surface area contributed by atoms with E-state index >= 15 is 0 Å². The van der Waals surface area contributed by atoms with Crippen LogP contribution >= 0.6 is 11.6 Å². The summed E-state index contributed by atoms with van der Waals surface area (Å²) >= 11 is 6.16. The molecule has 2 aromatic rings. The first-order chi connectivity index (χ1) is 16.8. The van der Waals surface area contributed by atoms with Gasteiger partial charge >= 0.3 is 12.3 Å². The van der Waals surface area contributed by atoms with Gasteiger partial charge in [-0.05, 0) is 30.2 Å². The number of carboxylic acids is 1. The number of alkyl halides is 3. The summed E-state index contributed by atoms with van der Waals surface area (Å²) in [6, 6.07) is 15.0. The maximum Gasteiger partial charge on any atom is 0.430 e. The fourth-order valence-corrected chi connectivity index (χ4v) is 5.38. The predicted octanol–water partition coefficient (Wildman–Crippen LogP) is 5.18. The van der Waals surface area contributed by atoms with Crippen molar-refractivity contribution in [2.45, 2.75) is 50.9 Å². The number of ether oxygens (including phenoxy) is 1. The molecule has 0 saturated carbocycles. The molecule has 1 amide bonds. The van der Waals surface area contributed by atoms with Crippen molar-refractivity contribution in [1.29, 1.82) is 0 Å². The number of amides is 1. The number of aliphatic carboxylic acids is 1. The van der Waals surface area contributed by atoms with E-state index in [1.165, 1.54) is 12.8 Å². The lowest BCUT2D eigenvalue weighted by Crippen LogP contribution is -2.55. The lowest BCUT2D eigenvalue weighted by atomic mass is 9.90. The Morgan fingerprint density at radius 1 is 1.11 bits per heavy atom. The number of quaternary nitrogens is 1. The molecule has 2 saturated heterocycles. The average molecular weight is 527 g/mol. The molecular weight excluding hydrogens is 497 g/mol. The van der Waals surface area contributed by atoms with E-state index in [1.54, 1.807) is 0 Å². The molecule has 1 N–H and O–H groups in total. The molecule has 6 nitrogen and oxygen atoms in total. The third-order valence-electron chi connectivity index (χ3n) is 7.24. The molecule has 2 heterocycles. The van der Waals surface area contributed by atoms with Crippen LogP contribution in [0.3, 0.4) is 0 Å². The zero-order chi connectivity index (χ0) is 26.7. The molecule has 0 aromatic heterocycles. The number of piperidine rings is 1. The topological polar surface area (TPSA) is 78.5 Å². The molecular formula is C26H30ClF3N2O4. The Hall–Kier alpha value is -2.78. The number of hydrogen-bond acceptors (Lipinski definition) is 4. The molecule has 2 aliphatic heterocycles. The van der Waals surface area contributed by atoms with Crippen LogP contribution in [0.4, 0.5) is 23.7 Å². The van der Waals surface area contributed by atoms with Gasteiger partial charge in [0.25, 0.3) is 0 Å². The summed E-state index contributed by atoms with van der Waals surface area (Å²) in [5.74, 6) is -2.54. The highest BCUT2D eigenvalue weighted by molar-refractivity contribution is 6.30. The van der Waals surface area contributed by atoms with Gasteiger partial charge in [-0.15, -0.1) is 0 Å². The van der Waals surface area contributed by atoms with Crippen LogP contribution in [0.5, 0.6) is 0 Å².